The number of carbonyl (C=O) groups is 1. The quantitative estimate of drug-likeness (QED) is 0.752. The molecular formula is C14H16ClN3O. The summed E-state index contributed by atoms with van der Waals surface area (Å²) in [4.78, 5) is 18.7. The number of piperidine rings is 1. The minimum atomic E-state index is 0.0654. The van der Waals surface area contributed by atoms with E-state index < -0.39 is 0 Å². The lowest BCUT2D eigenvalue weighted by Crippen LogP contribution is -2.35. The van der Waals surface area contributed by atoms with Crippen LogP contribution in [-0.4, -0.2) is 33.4 Å². The van der Waals surface area contributed by atoms with Crippen molar-refractivity contribution >= 4 is 28.4 Å². The maximum atomic E-state index is 12.6. The van der Waals surface area contributed by atoms with Crippen molar-refractivity contribution in [2.24, 2.45) is 7.05 Å². The SMILES string of the molecule is Cn1ccc2c(Cl)ncc(C(=O)N3CCCCC3)c21. The van der Waals surface area contributed by atoms with Crippen LogP contribution in [0.2, 0.25) is 5.15 Å². The second-order valence-electron chi connectivity index (χ2n) is 5.00. The minimum Gasteiger partial charge on any atom is -0.350 e. The van der Waals surface area contributed by atoms with E-state index >= 15 is 0 Å². The first kappa shape index (κ1) is 12.5. The maximum Gasteiger partial charge on any atom is 0.257 e. The van der Waals surface area contributed by atoms with Crippen molar-refractivity contribution in [1.29, 1.82) is 0 Å². The number of aromatic nitrogens is 2. The van der Waals surface area contributed by atoms with Gasteiger partial charge < -0.3 is 9.47 Å². The van der Waals surface area contributed by atoms with Gasteiger partial charge in [-0.3, -0.25) is 4.79 Å². The summed E-state index contributed by atoms with van der Waals surface area (Å²) in [6.07, 6.45) is 6.89. The van der Waals surface area contributed by atoms with Gasteiger partial charge in [0.2, 0.25) is 0 Å². The zero-order valence-corrected chi connectivity index (χ0v) is 11.7. The van der Waals surface area contributed by atoms with Crippen molar-refractivity contribution in [2.75, 3.05) is 13.1 Å². The summed E-state index contributed by atoms with van der Waals surface area (Å²) in [7, 11) is 1.92. The number of hydrogen-bond acceptors (Lipinski definition) is 2. The molecule has 1 saturated heterocycles. The lowest BCUT2D eigenvalue weighted by Gasteiger charge is -2.27. The molecule has 1 aliphatic heterocycles. The molecule has 0 spiro atoms. The summed E-state index contributed by atoms with van der Waals surface area (Å²) in [6.45, 7) is 1.68. The number of aryl methyl sites for hydroxylation is 1. The Balaban J connectivity index is 2.07. The van der Waals surface area contributed by atoms with Crippen LogP contribution in [0.1, 0.15) is 29.6 Å². The molecule has 19 heavy (non-hydrogen) atoms. The van der Waals surface area contributed by atoms with E-state index in [0.29, 0.717) is 10.7 Å². The van der Waals surface area contributed by atoms with Crippen molar-refractivity contribution in [3.05, 3.63) is 29.2 Å². The van der Waals surface area contributed by atoms with Gasteiger partial charge in [0.1, 0.15) is 5.15 Å². The van der Waals surface area contributed by atoms with Crippen LogP contribution in [0.15, 0.2) is 18.5 Å². The zero-order chi connectivity index (χ0) is 13.4. The molecule has 2 aromatic rings. The molecule has 3 heterocycles. The van der Waals surface area contributed by atoms with Crippen molar-refractivity contribution in [3.8, 4) is 0 Å². The van der Waals surface area contributed by atoms with Crippen molar-refractivity contribution in [3.63, 3.8) is 0 Å². The van der Waals surface area contributed by atoms with Crippen LogP contribution in [-0.2, 0) is 7.05 Å². The van der Waals surface area contributed by atoms with Crippen LogP contribution in [0.3, 0.4) is 0 Å². The van der Waals surface area contributed by atoms with E-state index in [1.165, 1.54) is 6.42 Å². The minimum absolute atomic E-state index is 0.0654. The number of likely N-dealkylation sites (tertiary alicyclic amines) is 1. The Kier molecular flexibility index (Phi) is 3.19. The highest BCUT2D eigenvalue weighted by Gasteiger charge is 2.22. The van der Waals surface area contributed by atoms with E-state index in [2.05, 4.69) is 4.98 Å². The molecule has 0 saturated carbocycles. The van der Waals surface area contributed by atoms with Gasteiger partial charge in [-0.1, -0.05) is 11.6 Å². The van der Waals surface area contributed by atoms with Crippen molar-refractivity contribution in [1.82, 2.24) is 14.5 Å². The number of rotatable bonds is 1. The molecule has 4 nitrogen and oxygen atoms in total. The van der Waals surface area contributed by atoms with Crippen LogP contribution >= 0.6 is 11.6 Å². The molecule has 1 fully saturated rings. The van der Waals surface area contributed by atoms with Gasteiger partial charge in [0, 0.05) is 37.9 Å². The fourth-order valence-electron chi connectivity index (χ4n) is 2.71. The maximum absolute atomic E-state index is 12.6. The standard InChI is InChI=1S/C14H16ClN3O/c1-17-8-5-10-12(17)11(9-16-13(10)15)14(19)18-6-3-2-4-7-18/h5,8-9H,2-4,6-7H2,1H3. The van der Waals surface area contributed by atoms with E-state index in [9.17, 15) is 4.79 Å². The number of carbonyl (C=O) groups excluding carboxylic acids is 1. The Morgan fingerprint density at radius 1 is 1.32 bits per heavy atom. The summed E-state index contributed by atoms with van der Waals surface area (Å²) in [5.41, 5.74) is 1.52. The van der Waals surface area contributed by atoms with Gasteiger partial charge >= 0.3 is 0 Å². The third-order valence-corrected chi connectivity index (χ3v) is 4.03. The average molecular weight is 278 g/mol. The molecule has 0 N–H and O–H groups in total. The molecule has 100 valence electrons. The van der Waals surface area contributed by atoms with E-state index in [4.69, 9.17) is 11.6 Å². The van der Waals surface area contributed by atoms with Gasteiger partial charge in [-0.2, -0.15) is 0 Å². The summed E-state index contributed by atoms with van der Waals surface area (Å²) >= 11 is 6.08. The third-order valence-electron chi connectivity index (χ3n) is 3.73. The topological polar surface area (TPSA) is 38.1 Å². The van der Waals surface area contributed by atoms with Crippen LogP contribution in [0.4, 0.5) is 0 Å². The van der Waals surface area contributed by atoms with Crippen LogP contribution < -0.4 is 0 Å². The molecule has 5 heteroatoms. The van der Waals surface area contributed by atoms with Gasteiger partial charge in [0.05, 0.1) is 11.1 Å². The Morgan fingerprint density at radius 2 is 2.05 bits per heavy atom. The van der Waals surface area contributed by atoms with Crippen molar-refractivity contribution in [2.45, 2.75) is 19.3 Å². The first-order chi connectivity index (χ1) is 9.18. The average Bonchev–Trinajstić information content (AvgIpc) is 2.83. The molecule has 0 unspecified atom stereocenters. The van der Waals surface area contributed by atoms with Gasteiger partial charge in [-0.05, 0) is 25.3 Å². The Morgan fingerprint density at radius 3 is 2.79 bits per heavy atom. The zero-order valence-electron chi connectivity index (χ0n) is 10.9. The lowest BCUT2D eigenvalue weighted by atomic mass is 10.1. The first-order valence-electron chi connectivity index (χ1n) is 6.57. The van der Waals surface area contributed by atoms with Crippen LogP contribution in [0.5, 0.6) is 0 Å². The smallest absolute Gasteiger partial charge is 0.257 e. The van der Waals surface area contributed by atoms with Gasteiger partial charge in [-0.15, -0.1) is 0 Å². The highest BCUT2D eigenvalue weighted by molar-refractivity contribution is 6.34. The van der Waals surface area contributed by atoms with E-state index in [1.54, 1.807) is 6.20 Å². The highest BCUT2D eigenvalue weighted by atomic mass is 35.5. The van der Waals surface area contributed by atoms with E-state index in [1.807, 2.05) is 28.8 Å². The summed E-state index contributed by atoms with van der Waals surface area (Å²) in [5, 5.41) is 1.29. The molecular weight excluding hydrogens is 262 g/mol. The molecule has 2 aromatic heterocycles. The van der Waals surface area contributed by atoms with Crippen LogP contribution in [0, 0.1) is 0 Å². The number of pyridine rings is 1. The largest absolute Gasteiger partial charge is 0.350 e. The number of nitrogens with zero attached hydrogens (tertiary/aromatic N) is 3. The number of hydrogen-bond donors (Lipinski definition) is 0. The molecule has 1 amide bonds. The first-order valence-corrected chi connectivity index (χ1v) is 6.95. The molecule has 3 rings (SSSR count). The second-order valence-corrected chi connectivity index (χ2v) is 5.36. The van der Waals surface area contributed by atoms with Gasteiger partial charge in [0.15, 0.2) is 0 Å². The summed E-state index contributed by atoms with van der Waals surface area (Å²) in [5.74, 6) is 0.0654. The fourth-order valence-corrected chi connectivity index (χ4v) is 2.91. The normalized spacial score (nSPS) is 16.0. The molecule has 0 bridgehead atoms. The fraction of sp³-hybridized carbons (Fsp3) is 0.429. The predicted molar refractivity (Wildman–Crippen MR) is 75.5 cm³/mol. The van der Waals surface area contributed by atoms with E-state index in [0.717, 1.165) is 36.8 Å². The number of halogens is 1. The molecule has 0 aromatic carbocycles. The lowest BCUT2D eigenvalue weighted by molar-refractivity contribution is 0.0725. The monoisotopic (exact) mass is 277 g/mol. The van der Waals surface area contributed by atoms with Gasteiger partial charge in [-0.25, -0.2) is 4.98 Å². The third kappa shape index (κ3) is 2.10. The molecule has 1 aliphatic rings. The number of amides is 1. The summed E-state index contributed by atoms with van der Waals surface area (Å²) in [6, 6.07) is 1.90. The number of fused-ring (bicyclic) bond motifs is 1. The molecule has 0 radical (unpaired) electrons. The van der Waals surface area contributed by atoms with E-state index in [-0.39, 0.29) is 5.91 Å². The second kappa shape index (κ2) is 4.85. The Hall–Kier alpha value is -1.55. The molecule has 0 aliphatic carbocycles. The van der Waals surface area contributed by atoms with Crippen molar-refractivity contribution < 1.29 is 4.79 Å². The Bertz CT molecular complexity index is 629. The van der Waals surface area contributed by atoms with Gasteiger partial charge in [0.25, 0.3) is 5.91 Å². The molecule has 0 atom stereocenters. The summed E-state index contributed by atoms with van der Waals surface area (Å²) < 4.78 is 1.93. The predicted octanol–water partition coefficient (Wildman–Crippen LogP) is 2.85. The highest BCUT2D eigenvalue weighted by Crippen LogP contribution is 2.26. The Labute approximate surface area is 117 Å². The van der Waals surface area contributed by atoms with Crippen LogP contribution in [0.25, 0.3) is 10.9 Å².